The molecule has 0 bridgehead atoms. The number of carbonyl (C=O) groups excluding carboxylic acids is 1. The van der Waals surface area contributed by atoms with Crippen LogP contribution >= 0.6 is 0 Å². The Hall–Kier alpha value is -2.75. The molecule has 0 aliphatic carbocycles. The summed E-state index contributed by atoms with van der Waals surface area (Å²) < 4.78 is 12.0. The number of benzene rings is 2. The number of ether oxygens (including phenoxy) is 2. The van der Waals surface area contributed by atoms with Crippen LogP contribution in [0, 0.1) is 0 Å². The summed E-state index contributed by atoms with van der Waals surface area (Å²) in [4.78, 5) is 12.6. The molecule has 0 fully saturated rings. The van der Waals surface area contributed by atoms with Gasteiger partial charge in [0.2, 0.25) is 0 Å². The van der Waals surface area contributed by atoms with E-state index in [1.807, 2.05) is 71.2 Å². The Kier molecular flexibility index (Phi) is 8.32. The first-order chi connectivity index (χ1) is 13.8. The van der Waals surface area contributed by atoms with Crippen LogP contribution in [-0.4, -0.2) is 25.0 Å². The Morgan fingerprint density at radius 1 is 1.00 bits per heavy atom. The standard InChI is InChI=1S/C25H33NO3/c1-7-8-20-15-21(25(29-18(4)5)16-24(20)28-17(2)3)11-14-23(27)19-9-12-22(26-6)13-10-19/h9-18,26H,7-8H2,1-6H3. The van der Waals surface area contributed by atoms with Crippen LogP contribution in [0.15, 0.2) is 42.5 Å². The number of anilines is 1. The molecular formula is C25H33NO3. The summed E-state index contributed by atoms with van der Waals surface area (Å²) in [6.45, 7) is 10.2. The van der Waals surface area contributed by atoms with Gasteiger partial charge >= 0.3 is 0 Å². The third-order valence-electron chi connectivity index (χ3n) is 4.31. The molecule has 0 saturated heterocycles. The quantitative estimate of drug-likeness (QED) is 0.387. The van der Waals surface area contributed by atoms with Crippen molar-refractivity contribution in [1.29, 1.82) is 0 Å². The van der Waals surface area contributed by atoms with Gasteiger partial charge < -0.3 is 14.8 Å². The summed E-state index contributed by atoms with van der Waals surface area (Å²) in [6, 6.07) is 11.5. The first-order valence-electron chi connectivity index (χ1n) is 10.3. The van der Waals surface area contributed by atoms with Crippen LogP contribution in [0.2, 0.25) is 0 Å². The van der Waals surface area contributed by atoms with E-state index in [1.165, 1.54) is 0 Å². The van der Waals surface area contributed by atoms with Gasteiger partial charge in [-0.2, -0.15) is 0 Å². The number of hydrogen-bond acceptors (Lipinski definition) is 4. The summed E-state index contributed by atoms with van der Waals surface area (Å²) in [5.74, 6) is 1.54. The van der Waals surface area contributed by atoms with Gasteiger partial charge in [0.25, 0.3) is 0 Å². The summed E-state index contributed by atoms with van der Waals surface area (Å²) in [7, 11) is 1.85. The van der Waals surface area contributed by atoms with Crippen LogP contribution in [0.5, 0.6) is 11.5 Å². The Morgan fingerprint density at radius 2 is 1.62 bits per heavy atom. The summed E-state index contributed by atoms with van der Waals surface area (Å²) >= 11 is 0. The molecule has 0 radical (unpaired) electrons. The molecule has 2 aromatic rings. The molecule has 2 rings (SSSR count). The van der Waals surface area contributed by atoms with E-state index < -0.39 is 0 Å². The molecule has 0 spiro atoms. The van der Waals surface area contributed by atoms with Crippen LogP contribution in [-0.2, 0) is 6.42 Å². The molecule has 2 aromatic carbocycles. The van der Waals surface area contributed by atoms with Gasteiger partial charge in [-0.15, -0.1) is 0 Å². The fraction of sp³-hybridized carbons (Fsp3) is 0.400. The molecule has 0 saturated carbocycles. The lowest BCUT2D eigenvalue weighted by molar-refractivity contribution is 0.104. The van der Waals surface area contributed by atoms with E-state index in [2.05, 4.69) is 18.3 Å². The zero-order valence-corrected chi connectivity index (χ0v) is 18.4. The Balaban J connectivity index is 2.37. The van der Waals surface area contributed by atoms with E-state index in [4.69, 9.17) is 9.47 Å². The van der Waals surface area contributed by atoms with E-state index in [1.54, 1.807) is 6.08 Å². The summed E-state index contributed by atoms with van der Waals surface area (Å²) in [5.41, 5.74) is 3.64. The number of allylic oxidation sites excluding steroid dienone is 1. The van der Waals surface area contributed by atoms with Crippen LogP contribution in [0.25, 0.3) is 6.08 Å². The third kappa shape index (κ3) is 6.67. The van der Waals surface area contributed by atoms with Crippen molar-refractivity contribution in [3.63, 3.8) is 0 Å². The molecule has 156 valence electrons. The smallest absolute Gasteiger partial charge is 0.185 e. The highest BCUT2D eigenvalue weighted by Crippen LogP contribution is 2.33. The van der Waals surface area contributed by atoms with Crippen molar-refractivity contribution in [3.8, 4) is 11.5 Å². The Bertz CT molecular complexity index is 836. The molecule has 0 heterocycles. The minimum atomic E-state index is -0.0392. The number of hydrogen-bond donors (Lipinski definition) is 1. The van der Waals surface area contributed by atoms with Crippen LogP contribution in [0.1, 0.15) is 62.5 Å². The predicted octanol–water partition coefficient (Wildman–Crippen LogP) is 6.15. The van der Waals surface area contributed by atoms with Crippen molar-refractivity contribution in [2.75, 3.05) is 12.4 Å². The van der Waals surface area contributed by atoms with Crippen molar-refractivity contribution in [3.05, 3.63) is 59.2 Å². The zero-order valence-electron chi connectivity index (χ0n) is 18.4. The van der Waals surface area contributed by atoms with E-state index in [-0.39, 0.29) is 18.0 Å². The van der Waals surface area contributed by atoms with Gasteiger partial charge in [0.15, 0.2) is 5.78 Å². The monoisotopic (exact) mass is 395 g/mol. The average molecular weight is 396 g/mol. The lowest BCUT2D eigenvalue weighted by atomic mass is 10.0. The average Bonchev–Trinajstić information content (AvgIpc) is 2.68. The summed E-state index contributed by atoms with van der Waals surface area (Å²) in [5, 5.41) is 3.06. The van der Waals surface area contributed by atoms with Crippen molar-refractivity contribution >= 4 is 17.5 Å². The molecule has 0 atom stereocenters. The lowest BCUT2D eigenvalue weighted by Crippen LogP contribution is -2.10. The maximum absolute atomic E-state index is 12.6. The predicted molar refractivity (Wildman–Crippen MR) is 121 cm³/mol. The highest BCUT2D eigenvalue weighted by molar-refractivity contribution is 6.07. The second-order valence-corrected chi connectivity index (χ2v) is 7.61. The third-order valence-corrected chi connectivity index (χ3v) is 4.31. The molecule has 0 amide bonds. The zero-order chi connectivity index (χ0) is 21.4. The van der Waals surface area contributed by atoms with Gasteiger partial charge in [0, 0.05) is 29.9 Å². The second kappa shape index (κ2) is 10.7. The summed E-state index contributed by atoms with van der Waals surface area (Å²) in [6.07, 6.45) is 5.47. The Labute approximate surface area is 174 Å². The van der Waals surface area contributed by atoms with Crippen molar-refractivity contribution in [1.82, 2.24) is 0 Å². The molecule has 0 unspecified atom stereocenters. The topological polar surface area (TPSA) is 47.6 Å². The van der Waals surface area contributed by atoms with Gasteiger partial charge in [-0.05, 0) is 82.2 Å². The molecule has 0 aliphatic heterocycles. The van der Waals surface area contributed by atoms with Crippen LogP contribution < -0.4 is 14.8 Å². The van der Waals surface area contributed by atoms with Crippen molar-refractivity contribution in [2.24, 2.45) is 0 Å². The molecule has 4 nitrogen and oxygen atoms in total. The van der Waals surface area contributed by atoms with Gasteiger partial charge in [-0.25, -0.2) is 0 Å². The fourth-order valence-electron chi connectivity index (χ4n) is 3.00. The van der Waals surface area contributed by atoms with Gasteiger partial charge in [0.1, 0.15) is 11.5 Å². The number of carbonyl (C=O) groups is 1. The molecule has 0 aromatic heterocycles. The maximum atomic E-state index is 12.6. The van der Waals surface area contributed by atoms with Crippen molar-refractivity contribution < 1.29 is 14.3 Å². The second-order valence-electron chi connectivity index (χ2n) is 7.61. The minimum Gasteiger partial charge on any atom is -0.491 e. The first-order valence-corrected chi connectivity index (χ1v) is 10.3. The van der Waals surface area contributed by atoms with Gasteiger partial charge in [-0.3, -0.25) is 4.79 Å². The van der Waals surface area contributed by atoms with Gasteiger partial charge in [-0.1, -0.05) is 13.3 Å². The molecule has 0 aliphatic rings. The Morgan fingerprint density at radius 3 is 2.17 bits per heavy atom. The van der Waals surface area contributed by atoms with E-state index in [9.17, 15) is 4.79 Å². The lowest BCUT2D eigenvalue weighted by Gasteiger charge is -2.19. The number of ketones is 1. The largest absolute Gasteiger partial charge is 0.491 e. The SMILES string of the molecule is CCCc1cc(C=CC(=O)c2ccc(NC)cc2)c(OC(C)C)cc1OC(C)C. The van der Waals surface area contributed by atoms with E-state index in [0.717, 1.165) is 41.2 Å². The van der Waals surface area contributed by atoms with Crippen LogP contribution in [0.3, 0.4) is 0 Å². The molecule has 1 N–H and O–H groups in total. The molecule has 4 heteroatoms. The number of aryl methyl sites for hydroxylation is 1. The highest BCUT2D eigenvalue weighted by Gasteiger charge is 2.13. The molecular weight excluding hydrogens is 362 g/mol. The fourth-order valence-corrected chi connectivity index (χ4v) is 3.00. The van der Waals surface area contributed by atoms with E-state index >= 15 is 0 Å². The van der Waals surface area contributed by atoms with Crippen LogP contribution in [0.4, 0.5) is 5.69 Å². The highest BCUT2D eigenvalue weighted by atomic mass is 16.5. The number of nitrogens with one attached hydrogen (secondary N) is 1. The minimum absolute atomic E-state index is 0.0239. The van der Waals surface area contributed by atoms with E-state index in [0.29, 0.717) is 5.56 Å². The molecule has 29 heavy (non-hydrogen) atoms. The van der Waals surface area contributed by atoms with Gasteiger partial charge in [0.05, 0.1) is 12.2 Å². The maximum Gasteiger partial charge on any atom is 0.185 e. The number of rotatable bonds is 10. The first kappa shape index (κ1) is 22.5. The van der Waals surface area contributed by atoms with Crippen molar-refractivity contribution in [2.45, 2.75) is 59.7 Å². The normalized spacial score (nSPS) is 11.3.